The molecule has 1 unspecified atom stereocenters. The van der Waals surface area contributed by atoms with Crippen molar-refractivity contribution in [3.8, 4) is 5.75 Å². The van der Waals surface area contributed by atoms with Crippen molar-refractivity contribution < 1.29 is 19.0 Å². The van der Waals surface area contributed by atoms with E-state index < -0.39 is 11.8 Å². The van der Waals surface area contributed by atoms with E-state index in [4.69, 9.17) is 14.2 Å². The zero-order valence-corrected chi connectivity index (χ0v) is 8.93. The lowest BCUT2D eigenvalue weighted by atomic mass is 9.95. The van der Waals surface area contributed by atoms with Crippen molar-refractivity contribution in [2.24, 2.45) is 0 Å². The van der Waals surface area contributed by atoms with Crippen LogP contribution in [0.1, 0.15) is 5.56 Å². The maximum absolute atomic E-state index is 11.0. The fourth-order valence-corrected chi connectivity index (χ4v) is 1.61. The topological polar surface area (TPSA) is 44.8 Å². The standard InChI is InChI=1S/C12H12O4/c1-3-12(8-15-11(13)16-12)9-4-6-10(14-2)7-5-9/h3-7H,1,8H2,2H3. The molecular weight excluding hydrogens is 208 g/mol. The number of hydrogen-bond acceptors (Lipinski definition) is 4. The number of methoxy groups -OCH3 is 1. The fraction of sp³-hybridized carbons (Fsp3) is 0.250. The van der Waals surface area contributed by atoms with Crippen LogP contribution in [0.2, 0.25) is 0 Å². The van der Waals surface area contributed by atoms with Gasteiger partial charge in [0.25, 0.3) is 0 Å². The molecule has 1 fully saturated rings. The molecule has 16 heavy (non-hydrogen) atoms. The van der Waals surface area contributed by atoms with E-state index in [1.807, 2.05) is 12.1 Å². The van der Waals surface area contributed by atoms with Crippen molar-refractivity contribution in [1.82, 2.24) is 0 Å². The van der Waals surface area contributed by atoms with Gasteiger partial charge in [-0.3, -0.25) is 0 Å². The molecule has 1 saturated heterocycles. The van der Waals surface area contributed by atoms with Crippen LogP contribution in [0, 0.1) is 0 Å². The van der Waals surface area contributed by atoms with Crippen LogP contribution in [0.3, 0.4) is 0 Å². The molecule has 4 heteroatoms. The molecule has 1 atom stereocenters. The third-order valence-electron chi connectivity index (χ3n) is 2.58. The lowest BCUT2D eigenvalue weighted by Gasteiger charge is -2.21. The Labute approximate surface area is 93.4 Å². The van der Waals surface area contributed by atoms with Gasteiger partial charge in [-0.15, -0.1) is 0 Å². The van der Waals surface area contributed by atoms with Gasteiger partial charge in [0.1, 0.15) is 12.4 Å². The van der Waals surface area contributed by atoms with E-state index in [0.717, 1.165) is 11.3 Å². The van der Waals surface area contributed by atoms with Crippen LogP contribution in [0.5, 0.6) is 5.75 Å². The molecule has 0 radical (unpaired) electrons. The summed E-state index contributed by atoms with van der Waals surface area (Å²) in [5.41, 5.74) is -0.0576. The van der Waals surface area contributed by atoms with Crippen molar-refractivity contribution in [2.45, 2.75) is 5.60 Å². The molecule has 0 spiro atoms. The number of carbonyl (C=O) groups excluding carboxylic acids is 1. The average molecular weight is 220 g/mol. The van der Waals surface area contributed by atoms with Crippen molar-refractivity contribution in [1.29, 1.82) is 0 Å². The number of carbonyl (C=O) groups is 1. The Kier molecular flexibility index (Phi) is 2.56. The first kappa shape index (κ1) is 10.5. The highest BCUT2D eigenvalue weighted by Gasteiger charge is 2.41. The molecule has 1 aromatic rings. The first-order valence-corrected chi connectivity index (χ1v) is 4.84. The Balaban J connectivity index is 2.33. The van der Waals surface area contributed by atoms with Gasteiger partial charge in [-0.1, -0.05) is 18.7 Å². The molecule has 0 aromatic heterocycles. The lowest BCUT2D eigenvalue weighted by molar-refractivity contribution is 0.0887. The van der Waals surface area contributed by atoms with Gasteiger partial charge in [-0.05, 0) is 18.2 Å². The number of benzene rings is 1. The van der Waals surface area contributed by atoms with Crippen LogP contribution < -0.4 is 4.74 Å². The summed E-state index contributed by atoms with van der Waals surface area (Å²) in [7, 11) is 1.59. The van der Waals surface area contributed by atoms with Gasteiger partial charge in [0.15, 0.2) is 5.60 Å². The molecule has 1 heterocycles. The third-order valence-corrected chi connectivity index (χ3v) is 2.58. The first-order chi connectivity index (χ1) is 7.70. The molecule has 0 saturated carbocycles. The fourth-order valence-electron chi connectivity index (χ4n) is 1.61. The Bertz CT molecular complexity index is 410. The summed E-state index contributed by atoms with van der Waals surface area (Å²) in [6, 6.07) is 7.24. The number of hydrogen-bond donors (Lipinski definition) is 0. The second kappa shape index (κ2) is 3.89. The second-order valence-electron chi connectivity index (χ2n) is 3.46. The molecule has 2 rings (SSSR count). The summed E-state index contributed by atoms with van der Waals surface area (Å²) < 4.78 is 15.0. The molecule has 84 valence electrons. The van der Waals surface area contributed by atoms with Gasteiger partial charge in [-0.2, -0.15) is 0 Å². The minimum absolute atomic E-state index is 0.154. The number of ether oxygens (including phenoxy) is 3. The molecule has 1 aliphatic rings. The van der Waals surface area contributed by atoms with E-state index in [1.165, 1.54) is 0 Å². The highest BCUT2D eigenvalue weighted by Crippen LogP contribution is 2.33. The van der Waals surface area contributed by atoms with Crippen LogP contribution in [0.4, 0.5) is 4.79 Å². The predicted molar refractivity (Wildman–Crippen MR) is 57.3 cm³/mol. The highest BCUT2D eigenvalue weighted by atomic mass is 16.8. The zero-order chi connectivity index (χ0) is 11.6. The van der Waals surface area contributed by atoms with E-state index in [-0.39, 0.29) is 6.61 Å². The van der Waals surface area contributed by atoms with Crippen LogP contribution in [0.15, 0.2) is 36.9 Å². The van der Waals surface area contributed by atoms with Crippen LogP contribution in [-0.4, -0.2) is 19.9 Å². The zero-order valence-electron chi connectivity index (χ0n) is 8.93. The Morgan fingerprint density at radius 2 is 2.12 bits per heavy atom. The molecule has 0 aliphatic carbocycles. The van der Waals surface area contributed by atoms with Crippen LogP contribution in [0.25, 0.3) is 0 Å². The van der Waals surface area contributed by atoms with Gasteiger partial charge in [0, 0.05) is 5.56 Å². The van der Waals surface area contributed by atoms with Crippen molar-refractivity contribution in [2.75, 3.05) is 13.7 Å². The Morgan fingerprint density at radius 3 is 2.56 bits per heavy atom. The maximum atomic E-state index is 11.0. The van der Waals surface area contributed by atoms with Gasteiger partial charge in [0.2, 0.25) is 0 Å². The maximum Gasteiger partial charge on any atom is 0.509 e. The van der Waals surface area contributed by atoms with Crippen LogP contribution in [-0.2, 0) is 15.1 Å². The molecule has 0 bridgehead atoms. The van der Waals surface area contributed by atoms with Gasteiger partial charge in [-0.25, -0.2) is 4.79 Å². The van der Waals surface area contributed by atoms with Crippen molar-refractivity contribution in [3.05, 3.63) is 42.5 Å². The summed E-state index contributed by atoms with van der Waals surface area (Å²) in [6.45, 7) is 3.83. The first-order valence-electron chi connectivity index (χ1n) is 4.84. The van der Waals surface area contributed by atoms with E-state index in [0.29, 0.717) is 0 Å². The highest BCUT2D eigenvalue weighted by molar-refractivity contribution is 5.64. The second-order valence-corrected chi connectivity index (χ2v) is 3.46. The summed E-state index contributed by atoms with van der Waals surface area (Å²) in [6.07, 6.45) is 0.899. The number of cyclic esters (lactones) is 2. The van der Waals surface area contributed by atoms with Crippen molar-refractivity contribution >= 4 is 6.16 Å². The Hall–Kier alpha value is -1.97. The summed E-state index contributed by atoms with van der Waals surface area (Å²) in [5, 5.41) is 0. The SMILES string of the molecule is C=CC1(c2ccc(OC)cc2)COC(=O)O1. The summed E-state index contributed by atoms with van der Waals surface area (Å²) >= 11 is 0. The van der Waals surface area contributed by atoms with Crippen LogP contribution >= 0.6 is 0 Å². The molecule has 0 amide bonds. The minimum atomic E-state index is -0.872. The predicted octanol–water partition coefficient (Wildman–Crippen LogP) is 2.24. The largest absolute Gasteiger partial charge is 0.509 e. The normalized spacial score (nSPS) is 23.4. The van der Waals surface area contributed by atoms with Gasteiger partial charge in [0.05, 0.1) is 7.11 Å². The smallest absolute Gasteiger partial charge is 0.497 e. The molecule has 1 aliphatic heterocycles. The van der Waals surface area contributed by atoms with E-state index in [9.17, 15) is 4.79 Å². The van der Waals surface area contributed by atoms with Gasteiger partial charge >= 0.3 is 6.16 Å². The minimum Gasteiger partial charge on any atom is -0.497 e. The number of rotatable bonds is 3. The lowest BCUT2D eigenvalue weighted by Crippen LogP contribution is -2.25. The van der Waals surface area contributed by atoms with Gasteiger partial charge < -0.3 is 14.2 Å². The third kappa shape index (κ3) is 1.62. The summed E-state index contributed by atoms with van der Waals surface area (Å²) in [5.74, 6) is 0.744. The monoisotopic (exact) mass is 220 g/mol. The quantitative estimate of drug-likeness (QED) is 0.579. The molecular formula is C12H12O4. The van der Waals surface area contributed by atoms with Crippen molar-refractivity contribution in [3.63, 3.8) is 0 Å². The Morgan fingerprint density at radius 1 is 1.44 bits per heavy atom. The molecule has 0 N–H and O–H groups in total. The summed E-state index contributed by atoms with van der Waals surface area (Å²) in [4.78, 5) is 11.0. The average Bonchev–Trinajstić information content (AvgIpc) is 2.72. The molecule has 1 aromatic carbocycles. The van der Waals surface area contributed by atoms with E-state index in [2.05, 4.69) is 6.58 Å². The van der Waals surface area contributed by atoms with E-state index >= 15 is 0 Å². The van der Waals surface area contributed by atoms with E-state index in [1.54, 1.807) is 25.3 Å². The molecule has 4 nitrogen and oxygen atoms in total.